The summed E-state index contributed by atoms with van der Waals surface area (Å²) in [5.41, 5.74) is 6.38. The van der Waals surface area contributed by atoms with Gasteiger partial charge in [-0.15, -0.1) is 22.7 Å². The number of amides is 2. The highest BCUT2D eigenvalue weighted by molar-refractivity contribution is 7.14. The third kappa shape index (κ3) is 4.68. The van der Waals surface area contributed by atoms with Crippen molar-refractivity contribution in [1.82, 2.24) is 10.9 Å². The first-order chi connectivity index (χ1) is 11.7. The van der Waals surface area contributed by atoms with Gasteiger partial charge in [0.05, 0.1) is 4.88 Å². The molecule has 6 heteroatoms. The average molecular weight is 363 g/mol. The summed E-state index contributed by atoms with van der Waals surface area (Å²) in [5.74, 6) is -0.372. The van der Waals surface area contributed by atoms with Gasteiger partial charge in [-0.1, -0.05) is 18.9 Å². The van der Waals surface area contributed by atoms with Crippen LogP contribution >= 0.6 is 22.7 Å². The summed E-state index contributed by atoms with van der Waals surface area (Å²) in [7, 11) is 0. The fourth-order valence-electron chi connectivity index (χ4n) is 2.90. The van der Waals surface area contributed by atoms with Crippen molar-refractivity contribution in [3.8, 4) is 0 Å². The van der Waals surface area contributed by atoms with Crippen molar-refractivity contribution in [2.24, 2.45) is 0 Å². The zero-order valence-electron chi connectivity index (χ0n) is 13.6. The van der Waals surface area contributed by atoms with Crippen molar-refractivity contribution >= 4 is 34.5 Å². The quantitative estimate of drug-likeness (QED) is 0.812. The van der Waals surface area contributed by atoms with Crippen LogP contribution in [0.4, 0.5) is 0 Å². The maximum absolute atomic E-state index is 12.3. The fraction of sp³-hybridized carbons (Fsp3) is 0.444. The lowest BCUT2D eigenvalue weighted by molar-refractivity contribution is -0.121. The minimum absolute atomic E-state index is 0.160. The Balaban J connectivity index is 1.49. The molecule has 0 unspecified atom stereocenters. The van der Waals surface area contributed by atoms with Gasteiger partial charge in [-0.25, -0.2) is 0 Å². The second kappa shape index (κ2) is 8.44. The van der Waals surface area contributed by atoms with E-state index in [4.69, 9.17) is 0 Å². The number of aryl methyl sites for hydroxylation is 3. The van der Waals surface area contributed by atoms with Crippen LogP contribution in [0.2, 0.25) is 0 Å². The lowest BCUT2D eigenvalue weighted by atomic mass is 10.00. The van der Waals surface area contributed by atoms with Crippen LogP contribution in [0.15, 0.2) is 23.6 Å². The first-order valence-electron chi connectivity index (χ1n) is 8.45. The predicted molar refractivity (Wildman–Crippen MR) is 98.4 cm³/mol. The molecular weight excluding hydrogens is 340 g/mol. The van der Waals surface area contributed by atoms with Crippen LogP contribution < -0.4 is 10.9 Å². The van der Waals surface area contributed by atoms with Gasteiger partial charge in [0.2, 0.25) is 5.91 Å². The van der Waals surface area contributed by atoms with Crippen molar-refractivity contribution < 1.29 is 9.59 Å². The van der Waals surface area contributed by atoms with E-state index >= 15 is 0 Å². The van der Waals surface area contributed by atoms with Gasteiger partial charge in [-0.3, -0.25) is 20.4 Å². The minimum Gasteiger partial charge on any atom is -0.273 e. The molecular formula is C18H22N2O2S2. The first kappa shape index (κ1) is 17.2. The molecule has 2 heterocycles. The van der Waals surface area contributed by atoms with Gasteiger partial charge >= 0.3 is 0 Å². The molecule has 0 spiro atoms. The largest absolute Gasteiger partial charge is 0.279 e. The molecule has 1 aliphatic rings. The summed E-state index contributed by atoms with van der Waals surface area (Å²) < 4.78 is 0. The summed E-state index contributed by atoms with van der Waals surface area (Å²) in [6.45, 7) is 0. The number of hydrogen-bond donors (Lipinski definition) is 2. The molecule has 2 aromatic heterocycles. The van der Waals surface area contributed by atoms with Crippen molar-refractivity contribution in [2.45, 2.75) is 51.4 Å². The zero-order chi connectivity index (χ0) is 16.8. The van der Waals surface area contributed by atoms with Gasteiger partial charge in [0.1, 0.15) is 0 Å². The van der Waals surface area contributed by atoms with E-state index in [1.165, 1.54) is 41.0 Å². The molecule has 24 heavy (non-hydrogen) atoms. The number of carbonyl (C=O) groups is 2. The Morgan fingerprint density at radius 1 is 1.08 bits per heavy atom. The van der Waals surface area contributed by atoms with Crippen LogP contribution in [0.25, 0.3) is 0 Å². The predicted octanol–water partition coefficient (Wildman–Crippen LogP) is 3.86. The number of rotatable bonds is 4. The SMILES string of the molecule is O=C(CCc1cccs1)NNC(=O)c1cc2c(s1)CCCCCC2. The van der Waals surface area contributed by atoms with Crippen LogP contribution in [0.1, 0.15) is 57.1 Å². The fourth-order valence-corrected chi connectivity index (χ4v) is 4.76. The summed E-state index contributed by atoms with van der Waals surface area (Å²) in [4.78, 5) is 27.3. The van der Waals surface area contributed by atoms with E-state index in [1.807, 2.05) is 23.6 Å². The number of thiophene rings is 2. The third-order valence-electron chi connectivity index (χ3n) is 4.21. The van der Waals surface area contributed by atoms with Crippen molar-refractivity contribution in [3.05, 3.63) is 43.8 Å². The molecule has 3 rings (SSSR count). The van der Waals surface area contributed by atoms with Crippen molar-refractivity contribution in [1.29, 1.82) is 0 Å². The van der Waals surface area contributed by atoms with E-state index in [0.29, 0.717) is 17.7 Å². The summed E-state index contributed by atoms with van der Waals surface area (Å²) in [6.07, 6.45) is 8.16. The van der Waals surface area contributed by atoms with Crippen LogP contribution in [0.5, 0.6) is 0 Å². The highest BCUT2D eigenvalue weighted by Gasteiger charge is 2.16. The average Bonchev–Trinajstić information content (AvgIpc) is 3.20. The number of hydrogen-bond acceptors (Lipinski definition) is 4. The van der Waals surface area contributed by atoms with Gasteiger partial charge in [0.25, 0.3) is 5.91 Å². The number of carbonyl (C=O) groups excluding carboxylic acids is 2. The number of hydrazine groups is 1. The van der Waals surface area contributed by atoms with Gasteiger partial charge in [0.15, 0.2) is 0 Å². The maximum atomic E-state index is 12.3. The Bertz CT molecular complexity index is 666. The Morgan fingerprint density at radius 2 is 1.92 bits per heavy atom. The molecule has 4 nitrogen and oxygen atoms in total. The van der Waals surface area contributed by atoms with Crippen LogP contribution in [-0.4, -0.2) is 11.8 Å². The molecule has 0 bridgehead atoms. The van der Waals surface area contributed by atoms with Crippen LogP contribution in [0, 0.1) is 0 Å². The molecule has 2 N–H and O–H groups in total. The molecule has 0 fully saturated rings. The standard InChI is InChI=1S/C18H22N2O2S2/c21-17(10-9-14-7-5-11-23-14)19-20-18(22)16-12-13-6-3-1-2-4-8-15(13)24-16/h5,7,11-12H,1-4,6,8-10H2,(H,19,21)(H,20,22). The number of nitrogens with one attached hydrogen (secondary N) is 2. The van der Waals surface area contributed by atoms with E-state index in [0.717, 1.165) is 12.8 Å². The van der Waals surface area contributed by atoms with Gasteiger partial charge in [-0.05, 0) is 55.2 Å². The lowest BCUT2D eigenvalue weighted by Crippen LogP contribution is -2.41. The second-order valence-corrected chi connectivity index (χ2v) is 8.22. The molecule has 128 valence electrons. The third-order valence-corrected chi connectivity index (χ3v) is 6.39. The van der Waals surface area contributed by atoms with Crippen LogP contribution in [-0.2, 0) is 24.1 Å². The molecule has 0 aliphatic heterocycles. The number of fused-ring (bicyclic) bond motifs is 1. The van der Waals surface area contributed by atoms with Gasteiger partial charge in [0, 0.05) is 16.2 Å². The highest BCUT2D eigenvalue weighted by atomic mass is 32.1. The molecule has 1 aliphatic carbocycles. The van der Waals surface area contributed by atoms with E-state index in [2.05, 4.69) is 10.9 Å². The first-order valence-corrected chi connectivity index (χ1v) is 10.1. The van der Waals surface area contributed by atoms with Crippen molar-refractivity contribution in [3.63, 3.8) is 0 Å². The minimum atomic E-state index is -0.212. The normalized spacial score (nSPS) is 14.3. The second-order valence-electron chi connectivity index (χ2n) is 6.05. The Labute approximate surface area is 150 Å². The molecule has 0 aromatic carbocycles. The maximum Gasteiger partial charge on any atom is 0.279 e. The Kier molecular flexibility index (Phi) is 6.04. The van der Waals surface area contributed by atoms with Gasteiger partial charge < -0.3 is 0 Å². The molecule has 0 radical (unpaired) electrons. The molecule has 2 amide bonds. The summed E-state index contributed by atoms with van der Waals surface area (Å²) >= 11 is 3.21. The smallest absolute Gasteiger partial charge is 0.273 e. The van der Waals surface area contributed by atoms with E-state index < -0.39 is 0 Å². The summed E-state index contributed by atoms with van der Waals surface area (Å²) in [5, 5.41) is 2.00. The van der Waals surface area contributed by atoms with Crippen molar-refractivity contribution in [2.75, 3.05) is 0 Å². The molecule has 0 saturated carbocycles. The van der Waals surface area contributed by atoms with Crippen LogP contribution in [0.3, 0.4) is 0 Å². The lowest BCUT2D eigenvalue weighted by Gasteiger charge is -2.07. The summed E-state index contributed by atoms with van der Waals surface area (Å²) in [6, 6.07) is 5.99. The zero-order valence-corrected chi connectivity index (χ0v) is 15.2. The highest BCUT2D eigenvalue weighted by Crippen LogP contribution is 2.28. The van der Waals surface area contributed by atoms with E-state index in [-0.39, 0.29) is 11.8 Å². The molecule has 0 saturated heterocycles. The Morgan fingerprint density at radius 3 is 2.71 bits per heavy atom. The van der Waals surface area contributed by atoms with E-state index in [9.17, 15) is 9.59 Å². The van der Waals surface area contributed by atoms with E-state index in [1.54, 1.807) is 22.7 Å². The topological polar surface area (TPSA) is 58.2 Å². The van der Waals surface area contributed by atoms with Gasteiger partial charge in [-0.2, -0.15) is 0 Å². The Hall–Kier alpha value is -1.66. The molecule has 2 aromatic rings. The monoisotopic (exact) mass is 362 g/mol. The molecule has 0 atom stereocenters.